The van der Waals surface area contributed by atoms with Crippen molar-refractivity contribution >= 4 is 29.0 Å². The zero-order valence-corrected chi connectivity index (χ0v) is 22.0. The largest absolute Gasteiger partial charge is 0.369 e. The molecule has 0 saturated carbocycles. The topological polar surface area (TPSA) is 78.6 Å². The number of aryl methyl sites for hydroxylation is 3. The number of fused-ring (bicyclic) bond motifs is 1. The lowest BCUT2D eigenvalue weighted by Gasteiger charge is -2.38. The van der Waals surface area contributed by atoms with Gasteiger partial charge in [0.25, 0.3) is 0 Å². The highest BCUT2D eigenvalue weighted by Crippen LogP contribution is 2.35. The maximum Gasteiger partial charge on any atom is 0.231 e. The second-order valence-corrected chi connectivity index (χ2v) is 10.3. The Bertz CT molecular complexity index is 1280. The van der Waals surface area contributed by atoms with Crippen LogP contribution in [0.2, 0.25) is 5.02 Å². The molecule has 8 heteroatoms. The molecule has 1 aromatic heterocycles. The number of primary amides is 1. The van der Waals surface area contributed by atoms with Gasteiger partial charge in [0.2, 0.25) is 5.91 Å². The summed E-state index contributed by atoms with van der Waals surface area (Å²) in [7, 11) is 0. The summed E-state index contributed by atoms with van der Waals surface area (Å²) in [6.45, 7) is 11.4. The number of amides is 1. The summed E-state index contributed by atoms with van der Waals surface area (Å²) in [6, 6.07) is 12.4. The third-order valence-electron chi connectivity index (χ3n) is 7.31. The first kappa shape index (κ1) is 24.5. The number of hydrogen-bond donors (Lipinski definition) is 1. The molecule has 2 aliphatic rings. The number of piperazine rings is 1. The number of halogens is 1. The molecule has 36 heavy (non-hydrogen) atoms. The zero-order valence-electron chi connectivity index (χ0n) is 21.2. The molecule has 1 amide bonds. The Hall–Kier alpha value is -3.16. The molecule has 2 N–H and O–H groups in total. The molecule has 0 radical (unpaired) electrons. The first-order valence-corrected chi connectivity index (χ1v) is 12.9. The highest BCUT2D eigenvalue weighted by Gasteiger charge is 2.29. The molecule has 0 atom stereocenters. The maximum absolute atomic E-state index is 11.4. The van der Waals surface area contributed by atoms with Crippen molar-refractivity contribution in [3.8, 4) is 11.4 Å². The van der Waals surface area contributed by atoms with Crippen molar-refractivity contribution in [1.29, 1.82) is 0 Å². The quantitative estimate of drug-likeness (QED) is 0.568. The highest BCUT2D eigenvalue weighted by molar-refractivity contribution is 6.30. The molecule has 0 unspecified atom stereocenters. The molecule has 0 bridgehead atoms. The van der Waals surface area contributed by atoms with E-state index in [1.54, 1.807) is 0 Å². The fourth-order valence-electron chi connectivity index (χ4n) is 5.40. The van der Waals surface area contributed by atoms with Gasteiger partial charge in [-0.05, 0) is 49.6 Å². The van der Waals surface area contributed by atoms with Gasteiger partial charge < -0.3 is 15.5 Å². The molecule has 0 spiro atoms. The third-order valence-corrected chi connectivity index (χ3v) is 7.54. The van der Waals surface area contributed by atoms with Crippen LogP contribution in [0.15, 0.2) is 36.4 Å². The highest BCUT2D eigenvalue weighted by atomic mass is 35.5. The van der Waals surface area contributed by atoms with Crippen LogP contribution in [-0.4, -0.2) is 60.0 Å². The number of hydrogen-bond acceptors (Lipinski definition) is 6. The smallest absolute Gasteiger partial charge is 0.231 e. The molecule has 2 aliphatic heterocycles. The number of carbonyl (C=O) groups excluding carboxylic acids is 1. The first-order chi connectivity index (χ1) is 17.3. The molecule has 1 fully saturated rings. The van der Waals surface area contributed by atoms with E-state index in [1.807, 2.05) is 6.07 Å². The van der Waals surface area contributed by atoms with Gasteiger partial charge in [-0.2, -0.15) is 0 Å². The number of nitrogens with two attached hydrogens (primary N) is 1. The van der Waals surface area contributed by atoms with Crippen molar-refractivity contribution in [2.45, 2.75) is 33.7 Å². The molecular formula is C28H33ClN6O. The van der Waals surface area contributed by atoms with Gasteiger partial charge in [-0.3, -0.25) is 9.69 Å². The first-order valence-electron chi connectivity index (χ1n) is 12.5. The Morgan fingerprint density at radius 2 is 1.67 bits per heavy atom. The summed E-state index contributed by atoms with van der Waals surface area (Å²) in [4.78, 5) is 28.6. The Morgan fingerprint density at radius 3 is 2.36 bits per heavy atom. The van der Waals surface area contributed by atoms with Crippen molar-refractivity contribution in [2.24, 2.45) is 5.73 Å². The standard InChI is InChI=1S/C28H33ClN6O/c1-18-7-8-21(29)15-24(18)35-10-9-23-22(16-35)28(34-13-11-33(12-14-34)17-25(30)36)32-27(31-23)26-19(2)5-4-6-20(26)3/h4-8,15H,9-14,16-17H2,1-3H3,(H2,30,36). The van der Waals surface area contributed by atoms with Gasteiger partial charge in [0.1, 0.15) is 5.82 Å². The SMILES string of the molecule is Cc1ccc(Cl)cc1N1CCc2nc(-c3c(C)cccc3C)nc(N3CCN(CC(N)=O)CC3)c2C1. The van der Waals surface area contributed by atoms with Crippen molar-refractivity contribution in [3.63, 3.8) is 0 Å². The van der Waals surface area contributed by atoms with E-state index in [0.717, 1.165) is 79.3 Å². The maximum atomic E-state index is 11.4. The summed E-state index contributed by atoms with van der Waals surface area (Å²) in [5.74, 6) is 1.51. The van der Waals surface area contributed by atoms with Gasteiger partial charge >= 0.3 is 0 Å². The summed E-state index contributed by atoms with van der Waals surface area (Å²) < 4.78 is 0. The van der Waals surface area contributed by atoms with E-state index >= 15 is 0 Å². The molecule has 3 heterocycles. The van der Waals surface area contributed by atoms with E-state index in [1.165, 1.54) is 22.3 Å². The second kappa shape index (κ2) is 10.1. The fourth-order valence-corrected chi connectivity index (χ4v) is 5.57. The summed E-state index contributed by atoms with van der Waals surface area (Å²) in [5.41, 5.74) is 13.6. The van der Waals surface area contributed by atoms with E-state index in [0.29, 0.717) is 6.54 Å². The fraction of sp³-hybridized carbons (Fsp3) is 0.393. The lowest BCUT2D eigenvalue weighted by molar-refractivity contribution is -0.119. The van der Waals surface area contributed by atoms with Crippen LogP contribution < -0.4 is 15.5 Å². The predicted octanol–water partition coefficient (Wildman–Crippen LogP) is 3.89. The van der Waals surface area contributed by atoms with Gasteiger partial charge in [-0.1, -0.05) is 35.9 Å². The monoisotopic (exact) mass is 504 g/mol. The van der Waals surface area contributed by atoms with Gasteiger partial charge in [-0.15, -0.1) is 0 Å². The number of benzene rings is 2. The van der Waals surface area contributed by atoms with Crippen molar-refractivity contribution in [2.75, 3.05) is 49.1 Å². The lowest BCUT2D eigenvalue weighted by Crippen LogP contribution is -2.49. The molecular weight excluding hydrogens is 472 g/mol. The molecule has 2 aromatic carbocycles. The van der Waals surface area contributed by atoms with Crippen LogP contribution in [0.5, 0.6) is 0 Å². The van der Waals surface area contributed by atoms with E-state index in [-0.39, 0.29) is 5.91 Å². The van der Waals surface area contributed by atoms with E-state index in [2.05, 4.69) is 65.8 Å². The average molecular weight is 505 g/mol. The van der Waals surface area contributed by atoms with Crippen LogP contribution in [0.1, 0.15) is 27.9 Å². The Kier molecular flexibility index (Phi) is 6.86. The number of anilines is 2. The average Bonchev–Trinajstić information content (AvgIpc) is 2.85. The van der Waals surface area contributed by atoms with Crippen molar-refractivity contribution in [1.82, 2.24) is 14.9 Å². The number of nitrogens with zero attached hydrogens (tertiary/aromatic N) is 5. The van der Waals surface area contributed by atoms with E-state index in [4.69, 9.17) is 27.3 Å². The van der Waals surface area contributed by atoms with Crippen LogP contribution in [0.4, 0.5) is 11.5 Å². The minimum atomic E-state index is -0.285. The normalized spacial score (nSPS) is 16.2. The zero-order chi connectivity index (χ0) is 25.4. The van der Waals surface area contributed by atoms with Crippen LogP contribution in [0.25, 0.3) is 11.4 Å². The van der Waals surface area contributed by atoms with Crippen LogP contribution in [0, 0.1) is 20.8 Å². The summed E-state index contributed by atoms with van der Waals surface area (Å²) >= 11 is 6.36. The Morgan fingerprint density at radius 1 is 0.944 bits per heavy atom. The van der Waals surface area contributed by atoms with E-state index < -0.39 is 0 Å². The lowest BCUT2D eigenvalue weighted by atomic mass is 10.00. The van der Waals surface area contributed by atoms with Gasteiger partial charge in [0, 0.05) is 67.5 Å². The predicted molar refractivity (Wildman–Crippen MR) is 146 cm³/mol. The van der Waals surface area contributed by atoms with Gasteiger partial charge in [0.05, 0.1) is 12.2 Å². The van der Waals surface area contributed by atoms with Crippen LogP contribution in [0.3, 0.4) is 0 Å². The Balaban J connectivity index is 1.55. The van der Waals surface area contributed by atoms with Gasteiger partial charge in [0.15, 0.2) is 5.82 Å². The molecule has 3 aromatic rings. The summed E-state index contributed by atoms with van der Waals surface area (Å²) in [6.07, 6.45) is 0.844. The molecule has 188 valence electrons. The molecule has 7 nitrogen and oxygen atoms in total. The number of rotatable bonds is 5. The summed E-state index contributed by atoms with van der Waals surface area (Å²) in [5, 5.41) is 0.744. The number of aromatic nitrogens is 2. The third kappa shape index (κ3) is 4.90. The van der Waals surface area contributed by atoms with Gasteiger partial charge in [-0.25, -0.2) is 9.97 Å². The minimum Gasteiger partial charge on any atom is -0.369 e. The second-order valence-electron chi connectivity index (χ2n) is 9.89. The number of carbonyl (C=O) groups is 1. The Labute approximate surface area is 217 Å². The van der Waals surface area contributed by atoms with Crippen molar-refractivity contribution in [3.05, 3.63) is 69.4 Å². The minimum absolute atomic E-state index is 0.285. The molecule has 0 aliphatic carbocycles. The van der Waals surface area contributed by atoms with Crippen LogP contribution in [-0.2, 0) is 17.8 Å². The van der Waals surface area contributed by atoms with Crippen molar-refractivity contribution < 1.29 is 4.79 Å². The molecule has 1 saturated heterocycles. The van der Waals surface area contributed by atoms with E-state index in [9.17, 15) is 4.79 Å². The van der Waals surface area contributed by atoms with Crippen LogP contribution >= 0.6 is 11.6 Å². The molecule has 5 rings (SSSR count).